The fourth-order valence-corrected chi connectivity index (χ4v) is 5.17. The van der Waals surface area contributed by atoms with Crippen molar-refractivity contribution < 1.29 is 4.79 Å². The summed E-state index contributed by atoms with van der Waals surface area (Å²) in [4.78, 5) is 32.8. The number of fused-ring (bicyclic) bond motifs is 1. The van der Waals surface area contributed by atoms with Gasteiger partial charge in [0.2, 0.25) is 11.0 Å². The minimum atomic E-state index is -0.226. The molecule has 30 heavy (non-hydrogen) atoms. The molecular weight excluding hydrogens is 438 g/mol. The van der Waals surface area contributed by atoms with Crippen molar-refractivity contribution in [1.82, 2.24) is 20.2 Å². The Balaban J connectivity index is 1.52. The molecule has 0 aliphatic carbocycles. The number of benzene rings is 1. The number of hydrogen-bond acceptors (Lipinski definition) is 8. The molecule has 0 spiro atoms. The third kappa shape index (κ3) is 4.45. The van der Waals surface area contributed by atoms with Crippen molar-refractivity contribution in [3.8, 4) is 11.1 Å². The Hall–Kier alpha value is -2.56. The second kappa shape index (κ2) is 8.66. The molecule has 154 valence electrons. The molecule has 4 aromatic rings. The first kappa shape index (κ1) is 20.7. The van der Waals surface area contributed by atoms with Crippen LogP contribution in [-0.2, 0) is 4.79 Å². The number of hydrogen-bond donors (Lipinski definition) is 2. The van der Waals surface area contributed by atoms with Crippen molar-refractivity contribution in [2.24, 2.45) is 0 Å². The molecule has 3 heterocycles. The van der Waals surface area contributed by atoms with Crippen LogP contribution in [0, 0.1) is 6.92 Å². The van der Waals surface area contributed by atoms with Crippen molar-refractivity contribution in [1.29, 1.82) is 0 Å². The number of nitrogens with zero attached hydrogens (tertiary/aromatic N) is 3. The van der Waals surface area contributed by atoms with Gasteiger partial charge in [0, 0.05) is 10.9 Å². The van der Waals surface area contributed by atoms with Crippen LogP contribution in [-0.4, -0.2) is 31.8 Å². The van der Waals surface area contributed by atoms with E-state index in [1.54, 1.807) is 0 Å². The third-order valence-corrected chi connectivity index (χ3v) is 6.92. The maximum absolute atomic E-state index is 12.7. The molecule has 0 bridgehead atoms. The van der Waals surface area contributed by atoms with Crippen LogP contribution >= 0.6 is 34.4 Å². The van der Waals surface area contributed by atoms with Gasteiger partial charge < -0.3 is 4.98 Å². The number of rotatable bonds is 6. The Morgan fingerprint density at radius 1 is 1.23 bits per heavy atom. The summed E-state index contributed by atoms with van der Waals surface area (Å²) in [7, 11) is 0. The zero-order valence-electron chi connectivity index (χ0n) is 16.6. The second-order valence-electron chi connectivity index (χ2n) is 6.94. The Morgan fingerprint density at radius 2 is 2.00 bits per heavy atom. The minimum Gasteiger partial charge on any atom is -0.301 e. The molecule has 4 rings (SSSR count). The average molecular weight is 458 g/mol. The molecule has 0 fully saturated rings. The van der Waals surface area contributed by atoms with Gasteiger partial charge in [-0.3, -0.25) is 14.9 Å². The fraction of sp³-hybridized carbons (Fsp3) is 0.250. The van der Waals surface area contributed by atoms with Gasteiger partial charge in [-0.25, -0.2) is 4.98 Å². The van der Waals surface area contributed by atoms with Crippen LogP contribution in [0.3, 0.4) is 0 Å². The molecule has 0 radical (unpaired) electrons. The minimum absolute atomic E-state index is 0.113. The first-order valence-electron chi connectivity index (χ1n) is 9.25. The molecule has 2 N–H and O–H groups in total. The van der Waals surface area contributed by atoms with Gasteiger partial charge in [0.05, 0.1) is 11.1 Å². The van der Waals surface area contributed by atoms with Crippen LogP contribution in [0.15, 0.2) is 39.6 Å². The Kier molecular flexibility index (Phi) is 5.98. The van der Waals surface area contributed by atoms with E-state index in [0.29, 0.717) is 26.4 Å². The van der Waals surface area contributed by atoms with Crippen LogP contribution in [0.4, 0.5) is 5.13 Å². The number of aromatic amines is 1. The molecule has 0 aliphatic rings. The van der Waals surface area contributed by atoms with E-state index in [0.717, 1.165) is 16.1 Å². The fourth-order valence-electron chi connectivity index (χ4n) is 2.89. The number of anilines is 1. The largest absolute Gasteiger partial charge is 0.301 e. The van der Waals surface area contributed by atoms with E-state index in [9.17, 15) is 9.59 Å². The number of carbonyl (C=O) groups is 1. The predicted molar refractivity (Wildman–Crippen MR) is 124 cm³/mol. The van der Waals surface area contributed by atoms with Crippen LogP contribution in [0.5, 0.6) is 0 Å². The lowest BCUT2D eigenvalue weighted by Gasteiger charge is -2.06. The van der Waals surface area contributed by atoms with E-state index in [1.807, 2.05) is 24.4 Å². The standard InChI is InChI=1S/C20H19N5O2S3/c1-10(2)12-4-6-13(7-5-12)14-8-28-18-16(14)17(27)22-19(23-18)29-9-15(26)21-20-25-24-11(3)30-20/h4-8,10H,9H2,1-3H3,(H,21,25,26)(H,22,23,27). The zero-order valence-corrected chi connectivity index (χ0v) is 19.0. The van der Waals surface area contributed by atoms with Crippen molar-refractivity contribution in [2.75, 3.05) is 11.1 Å². The van der Waals surface area contributed by atoms with Gasteiger partial charge in [0.1, 0.15) is 9.84 Å². The molecule has 1 aromatic carbocycles. The molecule has 0 saturated heterocycles. The smallest absolute Gasteiger partial charge is 0.260 e. The van der Waals surface area contributed by atoms with Gasteiger partial charge in [-0.2, -0.15) is 0 Å². The lowest BCUT2D eigenvalue weighted by atomic mass is 9.99. The molecule has 0 saturated carbocycles. The highest BCUT2D eigenvalue weighted by Crippen LogP contribution is 2.32. The summed E-state index contributed by atoms with van der Waals surface area (Å²) in [5, 5.41) is 14.6. The average Bonchev–Trinajstić information content (AvgIpc) is 3.33. The SMILES string of the molecule is Cc1nnc(NC(=O)CSc2nc3scc(-c4ccc(C(C)C)cc4)c3c(=O)[nH]2)s1. The lowest BCUT2D eigenvalue weighted by Crippen LogP contribution is -2.15. The summed E-state index contributed by atoms with van der Waals surface area (Å²) in [6.07, 6.45) is 0. The zero-order chi connectivity index (χ0) is 21.3. The summed E-state index contributed by atoms with van der Waals surface area (Å²) >= 11 is 3.91. The highest BCUT2D eigenvalue weighted by molar-refractivity contribution is 7.99. The molecule has 1 amide bonds. The number of thiophene rings is 1. The van der Waals surface area contributed by atoms with Crippen LogP contribution < -0.4 is 10.9 Å². The van der Waals surface area contributed by atoms with Crippen LogP contribution in [0.2, 0.25) is 0 Å². The number of nitrogens with one attached hydrogen (secondary N) is 2. The number of H-pyrrole nitrogens is 1. The van der Waals surface area contributed by atoms with Crippen molar-refractivity contribution in [3.05, 3.63) is 50.6 Å². The van der Waals surface area contributed by atoms with Crippen LogP contribution in [0.1, 0.15) is 30.3 Å². The van der Waals surface area contributed by atoms with Gasteiger partial charge >= 0.3 is 0 Å². The number of aryl methyl sites for hydroxylation is 1. The maximum atomic E-state index is 12.7. The highest BCUT2D eigenvalue weighted by Gasteiger charge is 2.15. The normalized spacial score (nSPS) is 11.3. The van der Waals surface area contributed by atoms with Gasteiger partial charge in [-0.05, 0) is 24.0 Å². The number of thioether (sulfide) groups is 1. The van der Waals surface area contributed by atoms with Crippen LogP contribution in [0.25, 0.3) is 21.3 Å². The first-order valence-corrected chi connectivity index (χ1v) is 11.9. The lowest BCUT2D eigenvalue weighted by molar-refractivity contribution is -0.113. The van der Waals surface area contributed by atoms with E-state index in [4.69, 9.17) is 0 Å². The quantitative estimate of drug-likeness (QED) is 0.322. The third-order valence-electron chi connectivity index (χ3n) is 4.42. The summed E-state index contributed by atoms with van der Waals surface area (Å²) < 4.78 is 0. The van der Waals surface area contributed by atoms with E-state index >= 15 is 0 Å². The number of carbonyl (C=O) groups excluding carboxylic acids is 1. The van der Waals surface area contributed by atoms with Gasteiger partial charge in [-0.1, -0.05) is 61.2 Å². The molecule has 0 atom stereocenters. The van der Waals surface area contributed by atoms with Gasteiger partial charge in [-0.15, -0.1) is 21.5 Å². The van der Waals surface area contributed by atoms with E-state index in [1.165, 1.54) is 40.0 Å². The van der Waals surface area contributed by atoms with E-state index in [-0.39, 0.29) is 17.2 Å². The van der Waals surface area contributed by atoms with Crippen molar-refractivity contribution in [3.63, 3.8) is 0 Å². The highest BCUT2D eigenvalue weighted by atomic mass is 32.2. The Morgan fingerprint density at radius 3 is 2.67 bits per heavy atom. The Labute approximate surface area is 185 Å². The first-order chi connectivity index (χ1) is 14.4. The van der Waals surface area contributed by atoms with E-state index < -0.39 is 0 Å². The van der Waals surface area contributed by atoms with E-state index in [2.05, 4.69) is 51.5 Å². The maximum Gasteiger partial charge on any atom is 0.260 e. The van der Waals surface area contributed by atoms with Crippen molar-refractivity contribution >= 4 is 55.7 Å². The Bertz CT molecular complexity index is 1260. The molecule has 10 heteroatoms. The second-order valence-corrected chi connectivity index (χ2v) is 9.94. The molecule has 7 nitrogen and oxygen atoms in total. The summed E-state index contributed by atoms with van der Waals surface area (Å²) in [6.45, 7) is 6.12. The topological polar surface area (TPSA) is 101 Å². The molecule has 0 unspecified atom stereocenters. The van der Waals surface area contributed by atoms with Crippen molar-refractivity contribution in [2.45, 2.75) is 31.8 Å². The number of aromatic nitrogens is 4. The summed E-state index contributed by atoms with van der Waals surface area (Å²) in [6, 6.07) is 8.26. The van der Waals surface area contributed by atoms with Gasteiger partial charge in [0.25, 0.3) is 5.56 Å². The monoisotopic (exact) mass is 457 g/mol. The molecular formula is C20H19N5O2S3. The molecule has 0 aliphatic heterocycles. The predicted octanol–water partition coefficient (Wildman–Crippen LogP) is 4.67. The summed E-state index contributed by atoms with van der Waals surface area (Å²) in [5.41, 5.74) is 2.92. The van der Waals surface area contributed by atoms with Gasteiger partial charge in [0.15, 0.2) is 5.16 Å². The molecule has 3 aromatic heterocycles. The summed E-state index contributed by atoms with van der Waals surface area (Å²) in [5.74, 6) is 0.342. The number of amides is 1.